The second-order valence-electron chi connectivity index (χ2n) is 5.43. The first kappa shape index (κ1) is 16.3. The van der Waals surface area contributed by atoms with Crippen LogP contribution in [0.1, 0.15) is 29.2 Å². The van der Waals surface area contributed by atoms with Crippen LogP contribution in [0.5, 0.6) is 0 Å². The third kappa shape index (κ3) is 3.34. The molecule has 0 bridgehead atoms. The highest BCUT2D eigenvalue weighted by atomic mass is 19.1. The highest BCUT2D eigenvalue weighted by Gasteiger charge is 2.20. The minimum Gasteiger partial charge on any atom is -0.386 e. The zero-order valence-electron chi connectivity index (χ0n) is 12.7. The SMILES string of the molecule is OC(Cn1ccnc1C(O)c1ccccc1)c1ccc(F)cc1F. The van der Waals surface area contributed by atoms with E-state index >= 15 is 0 Å². The molecule has 3 rings (SSSR count). The predicted molar refractivity (Wildman–Crippen MR) is 84.0 cm³/mol. The van der Waals surface area contributed by atoms with Gasteiger partial charge in [0.1, 0.15) is 23.6 Å². The predicted octanol–water partition coefficient (Wildman–Crippen LogP) is 2.98. The summed E-state index contributed by atoms with van der Waals surface area (Å²) in [6.45, 7) is -0.0121. The van der Waals surface area contributed by atoms with Crippen LogP contribution in [-0.4, -0.2) is 19.8 Å². The molecule has 0 amide bonds. The molecular weight excluding hydrogens is 314 g/mol. The fourth-order valence-electron chi connectivity index (χ4n) is 2.56. The third-order valence-corrected chi connectivity index (χ3v) is 3.80. The molecule has 2 unspecified atom stereocenters. The summed E-state index contributed by atoms with van der Waals surface area (Å²) >= 11 is 0. The molecule has 2 aromatic carbocycles. The average Bonchev–Trinajstić information content (AvgIpc) is 3.03. The molecule has 2 atom stereocenters. The molecule has 1 aromatic heterocycles. The Morgan fingerprint density at radius 1 is 1.04 bits per heavy atom. The highest BCUT2D eigenvalue weighted by Crippen LogP contribution is 2.24. The van der Waals surface area contributed by atoms with Gasteiger partial charge < -0.3 is 14.8 Å². The maximum absolute atomic E-state index is 13.8. The molecule has 0 aliphatic heterocycles. The smallest absolute Gasteiger partial charge is 0.142 e. The number of hydrogen-bond donors (Lipinski definition) is 2. The van der Waals surface area contributed by atoms with Crippen LogP contribution in [0.3, 0.4) is 0 Å². The second kappa shape index (κ2) is 6.90. The monoisotopic (exact) mass is 330 g/mol. The van der Waals surface area contributed by atoms with Gasteiger partial charge in [-0.3, -0.25) is 0 Å². The summed E-state index contributed by atoms with van der Waals surface area (Å²) in [5.74, 6) is -1.18. The minimum atomic E-state index is -1.19. The molecule has 6 heteroatoms. The summed E-state index contributed by atoms with van der Waals surface area (Å²) in [6, 6.07) is 12.0. The Balaban J connectivity index is 1.83. The van der Waals surface area contributed by atoms with E-state index < -0.39 is 23.8 Å². The van der Waals surface area contributed by atoms with Gasteiger partial charge in [-0.25, -0.2) is 13.8 Å². The Labute approximate surface area is 137 Å². The third-order valence-electron chi connectivity index (χ3n) is 3.80. The van der Waals surface area contributed by atoms with Crippen LogP contribution in [0.15, 0.2) is 60.9 Å². The number of hydrogen-bond acceptors (Lipinski definition) is 3. The molecule has 0 aliphatic carbocycles. The van der Waals surface area contributed by atoms with Crippen molar-refractivity contribution in [3.05, 3.63) is 89.5 Å². The van der Waals surface area contributed by atoms with Crippen molar-refractivity contribution < 1.29 is 19.0 Å². The van der Waals surface area contributed by atoms with E-state index in [4.69, 9.17) is 0 Å². The Hall–Kier alpha value is -2.57. The number of halogens is 2. The van der Waals surface area contributed by atoms with E-state index in [9.17, 15) is 19.0 Å². The van der Waals surface area contributed by atoms with Gasteiger partial charge in [0.05, 0.1) is 12.6 Å². The van der Waals surface area contributed by atoms with Gasteiger partial charge in [-0.05, 0) is 11.6 Å². The lowest BCUT2D eigenvalue weighted by Crippen LogP contribution is -2.15. The van der Waals surface area contributed by atoms with E-state index in [0.717, 1.165) is 12.1 Å². The van der Waals surface area contributed by atoms with Gasteiger partial charge in [-0.15, -0.1) is 0 Å². The first-order valence-corrected chi connectivity index (χ1v) is 7.43. The van der Waals surface area contributed by atoms with Gasteiger partial charge in [0.25, 0.3) is 0 Å². The maximum Gasteiger partial charge on any atom is 0.142 e. The van der Waals surface area contributed by atoms with Crippen molar-refractivity contribution in [3.63, 3.8) is 0 Å². The first-order valence-electron chi connectivity index (χ1n) is 7.43. The van der Waals surface area contributed by atoms with Crippen molar-refractivity contribution in [1.29, 1.82) is 0 Å². The van der Waals surface area contributed by atoms with Crippen molar-refractivity contribution >= 4 is 0 Å². The summed E-state index contributed by atoms with van der Waals surface area (Å²) < 4.78 is 28.3. The van der Waals surface area contributed by atoms with E-state index in [1.165, 1.54) is 12.3 Å². The summed E-state index contributed by atoms with van der Waals surface area (Å²) in [7, 11) is 0. The number of aliphatic hydroxyl groups is 2. The van der Waals surface area contributed by atoms with Gasteiger partial charge in [0, 0.05) is 24.0 Å². The molecule has 3 aromatic rings. The number of aliphatic hydroxyl groups excluding tert-OH is 2. The molecule has 0 aliphatic rings. The molecule has 1 heterocycles. The van der Waals surface area contributed by atoms with Crippen LogP contribution in [0, 0.1) is 11.6 Å². The Kier molecular flexibility index (Phi) is 4.69. The molecule has 0 spiro atoms. The highest BCUT2D eigenvalue weighted by molar-refractivity contribution is 5.24. The van der Waals surface area contributed by atoms with Crippen LogP contribution in [0.2, 0.25) is 0 Å². The van der Waals surface area contributed by atoms with E-state index in [2.05, 4.69) is 4.98 Å². The summed E-state index contributed by atoms with van der Waals surface area (Å²) in [6.07, 6.45) is 0.925. The molecule has 2 N–H and O–H groups in total. The summed E-state index contributed by atoms with van der Waals surface area (Å²) in [5.41, 5.74) is 0.651. The molecule has 124 valence electrons. The van der Waals surface area contributed by atoms with Gasteiger partial charge in [0.2, 0.25) is 0 Å². The van der Waals surface area contributed by atoms with Gasteiger partial charge >= 0.3 is 0 Å². The van der Waals surface area contributed by atoms with Crippen molar-refractivity contribution in [1.82, 2.24) is 9.55 Å². The van der Waals surface area contributed by atoms with Crippen LogP contribution >= 0.6 is 0 Å². The number of rotatable bonds is 5. The molecule has 0 radical (unpaired) electrons. The van der Waals surface area contributed by atoms with E-state index in [1.54, 1.807) is 35.0 Å². The topological polar surface area (TPSA) is 58.3 Å². The first-order chi connectivity index (χ1) is 11.6. The van der Waals surface area contributed by atoms with Crippen molar-refractivity contribution in [3.8, 4) is 0 Å². The Morgan fingerprint density at radius 3 is 2.50 bits per heavy atom. The van der Waals surface area contributed by atoms with Crippen molar-refractivity contribution in [2.45, 2.75) is 18.8 Å². The minimum absolute atomic E-state index is 0.00903. The molecule has 4 nitrogen and oxygen atoms in total. The summed E-state index contributed by atoms with van der Waals surface area (Å²) in [5, 5.41) is 20.7. The van der Waals surface area contributed by atoms with E-state index in [1.807, 2.05) is 6.07 Å². The fraction of sp³-hybridized carbons (Fsp3) is 0.167. The maximum atomic E-state index is 13.8. The number of benzene rings is 2. The van der Waals surface area contributed by atoms with Gasteiger partial charge in [-0.1, -0.05) is 36.4 Å². The lowest BCUT2D eigenvalue weighted by molar-refractivity contribution is 0.143. The Morgan fingerprint density at radius 2 is 1.79 bits per heavy atom. The van der Waals surface area contributed by atoms with Crippen molar-refractivity contribution in [2.75, 3.05) is 0 Å². The van der Waals surface area contributed by atoms with Crippen LogP contribution in [0.4, 0.5) is 8.78 Å². The van der Waals surface area contributed by atoms with Crippen LogP contribution in [-0.2, 0) is 6.54 Å². The lowest BCUT2D eigenvalue weighted by Gasteiger charge is -2.17. The second-order valence-corrected chi connectivity index (χ2v) is 5.43. The normalized spacial score (nSPS) is 13.7. The number of nitrogens with zero attached hydrogens (tertiary/aromatic N) is 2. The van der Waals surface area contributed by atoms with E-state index in [-0.39, 0.29) is 12.1 Å². The van der Waals surface area contributed by atoms with Gasteiger partial charge in [-0.2, -0.15) is 0 Å². The van der Waals surface area contributed by atoms with E-state index in [0.29, 0.717) is 11.4 Å². The molecular formula is C18H16F2N2O2. The largest absolute Gasteiger partial charge is 0.386 e. The molecule has 0 saturated carbocycles. The quantitative estimate of drug-likeness (QED) is 0.756. The zero-order chi connectivity index (χ0) is 17.1. The molecule has 0 fully saturated rings. The molecule has 24 heavy (non-hydrogen) atoms. The van der Waals surface area contributed by atoms with Crippen LogP contribution < -0.4 is 0 Å². The number of aromatic nitrogens is 2. The average molecular weight is 330 g/mol. The van der Waals surface area contributed by atoms with Crippen molar-refractivity contribution in [2.24, 2.45) is 0 Å². The number of imidazole rings is 1. The fourth-order valence-corrected chi connectivity index (χ4v) is 2.56. The standard InChI is InChI=1S/C18H16F2N2O2/c19-13-6-7-14(15(20)10-13)16(23)11-22-9-8-21-18(22)17(24)12-4-2-1-3-5-12/h1-10,16-17,23-24H,11H2. The summed E-state index contributed by atoms with van der Waals surface area (Å²) in [4.78, 5) is 4.12. The van der Waals surface area contributed by atoms with Crippen LogP contribution in [0.25, 0.3) is 0 Å². The lowest BCUT2D eigenvalue weighted by atomic mass is 10.1. The Bertz CT molecular complexity index is 821. The van der Waals surface area contributed by atoms with Gasteiger partial charge in [0.15, 0.2) is 0 Å². The molecule has 0 saturated heterocycles. The zero-order valence-corrected chi connectivity index (χ0v) is 12.7.